The number of hydrogen-bond donors (Lipinski definition) is 1. The summed E-state index contributed by atoms with van der Waals surface area (Å²) in [5.41, 5.74) is 0.576. The van der Waals surface area contributed by atoms with E-state index in [4.69, 9.17) is 9.72 Å². The summed E-state index contributed by atoms with van der Waals surface area (Å²) in [6.45, 7) is 3.93. The van der Waals surface area contributed by atoms with Gasteiger partial charge in [-0.2, -0.15) is 14.9 Å². The minimum atomic E-state index is -3.45. The Labute approximate surface area is 167 Å². The fourth-order valence-corrected chi connectivity index (χ4v) is 4.81. The van der Waals surface area contributed by atoms with Crippen LogP contribution in [-0.4, -0.2) is 65.4 Å². The predicted molar refractivity (Wildman–Crippen MR) is 109 cm³/mol. The molecule has 0 radical (unpaired) electrons. The third kappa shape index (κ3) is 2.87. The molecule has 5 rings (SSSR count). The second-order valence-electron chi connectivity index (χ2n) is 7.24. The summed E-state index contributed by atoms with van der Waals surface area (Å²) < 4.78 is 32.4. The maximum Gasteiger partial charge on any atom is 0.176 e. The molecule has 150 valence electrons. The fraction of sp³-hybridized carbons (Fsp3) is 0.316. The SMILES string of the molecule is CC1COCCN1c1nc2c(cnn2-c2ccn[nH]2)c2c(S(C)(=O)=O)cccc12. The lowest BCUT2D eigenvalue weighted by molar-refractivity contribution is 0.0987. The van der Waals surface area contributed by atoms with Crippen LogP contribution in [0.5, 0.6) is 0 Å². The average Bonchev–Trinajstić information content (AvgIpc) is 3.36. The molecular formula is C19H20N6O3S. The lowest BCUT2D eigenvalue weighted by Gasteiger charge is -2.35. The highest BCUT2D eigenvalue weighted by Crippen LogP contribution is 2.37. The maximum absolute atomic E-state index is 12.6. The number of sulfone groups is 1. The zero-order valence-electron chi connectivity index (χ0n) is 16.0. The van der Waals surface area contributed by atoms with Gasteiger partial charge >= 0.3 is 0 Å². The second kappa shape index (κ2) is 6.53. The van der Waals surface area contributed by atoms with Crippen LogP contribution in [0.3, 0.4) is 0 Å². The largest absolute Gasteiger partial charge is 0.377 e. The van der Waals surface area contributed by atoms with E-state index in [9.17, 15) is 8.42 Å². The van der Waals surface area contributed by atoms with E-state index in [2.05, 4.69) is 27.1 Å². The van der Waals surface area contributed by atoms with Crippen LogP contribution in [0.2, 0.25) is 0 Å². The number of rotatable bonds is 3. The second-order valence-corrected chi connectivity index (χ2v) is 9.22. The van der Waals surface area contributed by atoms with Crippen LogP contribution in [0.1, 0.15) is 6.92 Å². The van der Waals surface area contributed by atoms with Crippen molar-refractivity contribution in [2.45, 2.75) is 17.9 Å². The van der Waals surface area contributed by atoms with Gasteiger partial charge in [0.2, 0.25) is 0 Å². The Kier molecular flexibility index (Phi) is 4.07. The Morgan fingerprint density at radius 2 is 2.10 bits per heavy atom. The first-order valence-electron chi connectivity index (χ1n) is 9.30. The molecule has 1 aromatic carbocycles. The molecule has 1 unspecified atom stereocenters. The first-order chi connectivity index (χ1) is 13.9. The molecule has 4 aromatic rings. The van der Waals surface area contributed by atoms with Gasteiger partial charge in [-0.15, -0.1) is 0 Å². The van der Waals surface area contributed by atoms with Crippen molar-refractivity contribution in [3.63, 3.8) is 0 Å². The van der Waals surface area contributed by atoms with E-state index < -0.39 is 9.84 Å². The number of pyridine rings is 1. The molecule has 0 bridgehead atoms. The van der Waals surface area contributed by atoms with E-state index in [0.29, 0.717) is 42.0 Å². The summed E-state index contributed by atoms with van der Waals surface area (Å²) >= 11 is 0. The molecule has 0 aliphatic carbocycles. The highest BCUT2D eigenvalue weighted by atomic mass is 32.2. The monoisotopic (exact) mass is 412 g/mol. The van der Waals surface area contributed by atoms with Crippen LogP contribution in [0.15, 0.2) is 41.6 Å². The topological polar surface area (TPSA) is 106 Å². The molecule has 29 heavy (non-hydrogen) atoms. The molecule has 0 saturated carbocycles. The van der Waals surface area contributed by atoms with Crippen molar-refractivity contribution in [1.82, 2.24) is 25.0 Å². The Morgan fingerprint density at radius 1 is 1.24 bits per heavy atom. The van der Waals surface area contributed by atoms with Crippen molar-refractivity contribution in [1.29, 1.82) is 0 Å². The van der Waals surface area contributed by atoms with Crippen LogP contribution in [0.4, 0.5) is 5.82 Å². The van der Waals surface area contributed by atoms with Crippen molar-refractivity contribution < 1.29 is 13.2 Å². The van der Waals surface area contributed by atoms with E-state index in [1.807, 2.05) is 6.07 Å². The summed E-state index contributed by atoms with van der Waals surface area (Å²) in [5, 5.41) is 13.5. The Hall–Kier alpha value is -2.98. The molecule has 1 aliphatic rings. The van der Waals surface area contributed by atoms with Crippen molar-refractivity contribution >= 4 is 37.5 Å². The molecule has 1 atom stereocenters. The van der Waals surface area contributed by atoms with E-state index in [1.54, 1.807) is 35.3 Å². The number of aromatic nitrogens is 5. The molecule has 4 heterocycles. The molecule has 10 heteroatoms. The van der Waals surface area contributed by atoms with Crippen molar-refractivity contribution in [2.24, 2.45) is 0 Å². The number of fused-ring (bicyclic) bond motifs is 3. The van der Waals surface area contributed by atoms with E-state index in [1.165, 1.54) is 6.26 Å². The number of anilines is 1. The molecule has 1 fully saturated rings. The van der Waals surface area contributed by atoms with Crippen LogP contribution in [0.25, 0.3) is 27.6 Å². The summed E-state index contributed by atoms with van der Waals surface area (Å²) in [6, 6.07) is 7.22. The molecule has 9 nitrogen and oxygen atoms in total. The van der Waals surface area contributed by atoms with E-state index >= 15 is 0 Å². The van der Waals surface area contributed by atoms with Crippen molar-refractivity contribution in [2.75, 3.05) is 30.9 Å². The molecule has 1 saturated heterocycles. The summed E-state index contributed by atoms with van der Waals surface area (Å²) in [7, 11) is -3.45. The molecular weight excluding hydrogens is 392 g/mol. The van der Waals surface area contributed by atoms with Gasteiger partial charge in [-0.1, -0.05) is 12.1 Å². The third-order valence-electron chi connectivity index (χ3n) is 5.25. The number of benzene rings is 1. The molecule has 3 aromatic heterocycles. The third-order valence-corrected chi connectivity index (χ3v) is 6.38. The summed E-state index contributed by atoms with van der Waals surface area (Å²) in [5.74, 6) is 1.39. The molecule has 1 N–H and O–H groups in total. The number of hydrogen-bond acceptors (Lipinski definition) is 7. The summed E-state index contributed by atoms with van der Waals surface area (Å²) in [6.07, 6.45) is 4.52. The number of morpholine rings is 1. The number of nitrogens with one attached hydrogen (secondary N) is 1. The zero-order chi connectivity index (χ0) is 20.2. The van der Waals surface area contributed by atoms with Crippen molar-refractivity contribution in [3.05, 3.63) is 36.7 Å². The van der Waals surface area contributed by atoms with Gasteiger partial charge < -0.3 is 9.64 Å². The Balaban J connectivity index is 1.91. The average molecular weight is 412 g/mol. The standard InChI is InChI=1S/C19H20N6O3S/c1-12-11-28-9-8-24(12)18-13-4-3-5-15(29(2,26)27)17(13)14-10-21-25(19(14)22-18)16-6-7-20-23-16/h3-7,10,12H,8-9,11H2,1-2H3,(H,20,23). The smallest absolute Gasteiger partial charge is 0.176 e. The van der Waals surface area contributed by atoms with Gasteiger partial charge in [0.05, 0.1) is 36.5 Å². The first-order valence-corrected chi connectivity index (χ1v) is 11.2. The Morgan fingerprint density at radius 3 is 2.83 bits per heavy atom. The van der Waals surface area contributed by atoms with Gasteiger partial charge in [-0.3, -0.25) is 5.10 Å². The lowest BCUT2D eigenvalue weighted by Crippen LogP contribution is -2.44. The fourth-order valence-electron chi connectivity index (χ4n) is 3.89. The number of H-pyrrole nitrogens is 1. The predicted octanol–water partition coefficient (Wildman–Crippen LogP) is 1.93. The molecule has 0 spiro atoms. The van der Waals surface area contributed by atoms with Crippen molar-refractivity contribution in [3.8, 4) is 5.82 Å². The van der Waals surface area contributed by atoms with Crippen LogP contribution in [0, 0.1) is 0 Å². The zero-order valence-corrected chi connectivity index (χ0v) is 16.8. The van der Waals surface area contributed by atoms with Gasteiger partial charge in [0.1, 0.15) is 5.82 Å². The number of ether oxygens (including phenoxy) is 1. The molecule has 1 aliphatic heterocycles. The maximum atomic E-state index is 12.6. The van der Waals surface area contributed by atoms with E-state index in [0.717, 1.165) is 11.2 Å². The quantitative estimate of drug-likeness (QED) is 0.548. The lowest BCUT2D eigenvalue weighted by atomic mass is 10.1. The van der Waals surface area contributed by atoms with E-state index in [-0.39, 0.29) is 10.9 Å². The van der Waals surface area contributed by atoms with Gasteiger partial charge in [0.25, 0.3) is 0 Å². The highest BCUT2D eigenvalue weighted by molar-refractivity contribution is 7.91. The first kappa shape index (κ1) is 18.1. The highest BCUT2D eigenvalue weighted by Gasteiger charge is 2.26. The minimum absolute atomic E-state index is 0.113. The van der Waals surface area contributed by atoms with Crippen LogP contribution in [-0.2, 0) is 14.6 Å². The van der Waals surface area contributed by atoms with Gasteiger partial charge in [-0.25, -0.2) is 13.4 Å². The number of aromatic amines is 1. The van der Waals surface area contributed by atoms with Gasteiger partial charge in [-0.05, 0) is 13.0 Å². The van der Waals surface area contributed by atoms with Gasteiger partial charge in [0, 0.05) is 35.0 Å². The van der Waals surface area contributed by atoms with Crippen LogP contribution < -0.4 is 4.90 Å². The van der Waals surface area contributed by atoms with Crippen LogP contribution >= 0.6 is 0 Å². The minimum Gasteiger partial charge on any atom is -0.377 e. The normalized spacial score (nSPS) is 18.0. The molecule has 0 amide bonds. The van der Waals surface area contributed by atoms with Gasteiger partial charge in [0.15, 0.2) is 21.3 Å². The number of nitrogens with zero attached hydrogens (tertiary/aromatic N) is 5. The Bertz CT molecular complexity index is 1310. The summed E-state index contributed by atoms with van der Waals surface area (Å²) in [4.78, 5) is 7.39.